The molecule has 0 aliphatic rings. The lowest BCUT2D eigenvalue weighted by molar-refractivity contribution is -0.136. The molecule has 0 aliphatic carbocycles. The predicted octanol–water partition coefficient (Wildman–Crippen LogP) is 0.784. The molecule has 1 aromatic carbocycles. The molecule has 1 aromatic heterocycles. The molecule has 0 aliphatic heterocycles. The summed E-state index contributed by atoms with van der Waals surface area (Å²) in [5, 5.41) is 6.20. The van der Waals surface area contributed by atoms with Crippen molar-refractivity contribution in [3.63, 3.8) is 0 Å². The van der Waals surface area contributed by atoms with Crippen LogP contribution in [-0.4, -0.2) is 48.9 Å². The van der Waals surface area contributed by atoms with Crippen molar-refractivity contribution in [3.8, 4) is 0 Å². The first-order valence-corrected chi connectivity index (χ1v) is 6.37. The van der Waals surface area contributed by atoms with Crippen LogP contribution in [0.2, 0.25) is 0 Å². The van der Waals surface area contributed by atoms with Gasteiger partial charge in [-0.05, 0) is 37.7 Å². The van der Waals surface area contributed by atoms with Crippen LogP contribution >= 0.6 is 0 Å². The number of anilines is 1. The van der Waals surface area contributed by atoms with E-state index >= 15 is 0 Å². The average molecular weight is 274 g/mol. The third-order valence-electron chi connectivity index (χ3n) is 2.86. The molecule has 2 amide bonds. The number of carbonyl (C=O) groups is 2. The van der Waals surface area contributed by atoms with Gasteiger partial charge in [0.05, 0.1) is 0 Å². The smallest absolute Gasteiger partial charge is 0.313 e. The largest absolute Gasteiger partial charge is 0.361 e. The molecule has 0 radical (unpaired) electrons. The number of aromatic nitrogens is 1. The first-order chi connectivity index (χ1) is 9.56. The molecule has 2 rings (SSSR count). The number of H-pyrrole nitrogens is 1. The van der Waals surface area contributed by atoms with Crippen molar-refractivity contribution in [2.45, 2.75) is 0 Å². The lowest BCUT2D eigenvalue weighted by Crippen LogP contribution is -2.38. The number of hydrogen-bond donors (Lipinski definition) is 3. The minimum Gasteiger partial charge on any atom is -0.361 e. The van der Waals surface area contributed by atoms with Crippen LogP contribution in [0.1, 0.15) is 0 Å². The fourth-order valence-corrected chi connectivity index (χ4v) is 1.79. The molecule has 0 spiro atoms. The molecule has 0 saturated carbocycles. The zero-order valence-corrected chi connectivity index (χ0v) is 11.6. The highest BCUT2D eigenvalue weighted by atomic mass is 16.2. The van der Waals surface area contributed by atoms with Gasteiger partial charge in [0.25, 0.3) is 0 Å². The lowest BCUT2D eigenvalue weighted by Gasteiger charge is -2.10. The Morgan fingerprint density at radius 3 is 2.75 bits per heavy atom. The molecule has 3 N–H and O–H groups in total. The van der Waals surface area contributed by atoms with Crippen molar-refractivity contribution in [1.82, 2.24) is 15.2 Å². The Labute approximate surface area is 117 Å². The van der Waals surface area contributed by atoms with Crippen LogP contribution in [0.3, 0.4) is 0 Å². The number of nitrogens with one attached hydrogen (secondary N) is 3. The molecule has 6 nitrogen and oxygen atoms in total. The second-order valence-electron chi connectivity index (χ2n) is 4.79. The molecule has 1 heterocycles. The van der Waals surface area contributed by atoms with Gasteiger partial charge in [0, 0.05) is 30.5 Å². The molecular formula is C14H18N4O2. The van der Waals surface area contributed by atoms with Gasteiger partial charge < -0.3 is 20.5 Å². The molecule has 0 bridgehead atoms. The summed E-state index contributed by atoms with van der Waals surface area (Å²) in [6, 6.07) is 7.38. The van der Waals surface area contributed by atoms with E-state index in [2.05, 4.69) is 15.6 Å². The van der Waals surface area contributed by atoms with E-state index in [4.69, 9.17) is 0 Å². The van der Waals surface area contributed by atoms with Gasteiger partial charge in [-0.25, -0.2) is 0 Å². The van der Waals surface area contributed by atoms with E-state index in [0.717, 1.165) is 10.9 Å². The van der Waals surface area contributed by atoms with Gasteiger partial charge in [0.1, 0.15) is 0 Å². The number of hydrogen-bond acceptors (Lipinski definition) is 3. The molecular weight excluding hydrogens is 256 g/mol. The zero-order valence-electron chi connectivity index (χ0n) is 11.6. The zero-order chi connectivity index (χ0) is 14.5. The Bertz CT molecular complexity index is 618. The minimum absolute atomic E-state index is 0.439. The maximum atomic E-state index is 11.7. The maximum absolute atomic E-state index is 11.7. The first-order valence-electron chi connectivity index (χ1n) is 6.37. The molecule has 0 fully saturated rings. The van der Waals surface area contributed by atoms with Crippen molar-refractivity contribution >= 4 is 28.4 Å². The molecule has 6 heteroatoms. The van der Waals surface area contributed by atoms with Gasteiger partial charge in [0.15, 0.2) is 0 Å². The molecule has 0 atom stereocenters. The summed E-state index contributed by atoms with van der Waals surface area (Å²) in [5.74, 6) is -1.28. The SMILES string of the molecule is CN(C)CCNC(=O)C(=O)Nc1ccc2cc[nH]c2c1. The molecule has 2 aromatic rings. The van der Waals surface area contributed by atoms with Gasteiger partial charge in [-0.15, -0.1) is 0 Å². The van der Waals surface area contributed by atoms with Crippen LogP contribution in [-0.2, 0) is 9.59 Å². The van der Waals surface area contributed by atoms with Gasteiger partial charge >= 0.3 is 11.8 Å². The number of nitrogens with zero attached hydrogens (tertiary/aromatic N) is 1. The number of amides is 2. The van der Waals surface area contributed by atoms with E-state index in [-0.39, 0.29) is 0 Å². The molecule has 106 valence electrons. The predicted molar refractivity (Wildman–Crippen MR) is 78.5 cm³/mol. The van der Waals surface area contributed by atoms with E-state index in [1.165, 1.54) is 0 Å². The number of carbonyl (C=O) groups excluding carboxylic acids is 2. The normalized spacial score (nSPS) is 10.8. The molecule has 20 heavy (non-hydrogen) atoms. The summed E-state index contributed by atoms with van der Waals surface area (Å²) in [5.41, 5.74) is 1.50. The van der Waals surface area contributed by atoms with Crippen LogP contribution in [0, 0.1) is 0 Å². The number of likely N-dealkylation sites (N-methyl/N-ethyl adjacent to an activating group) is 1. The first kappa shape index (κ1) is 14.1. The van der Waals surface area contributed by atoms with Crippen LogP contribution in [0.4, 0.5) is 5.69 Å². The van der Waals surface area contributed by atoms with Crippen molar-refractivity contribution < 1.29 is 9.59 Å². The summed E-state index contributed by atoms with van der Waals surface area (Å²) in [4.78, 5) is 28.3. The Morgan fingerprint density at radius 2 is 2.00 bits per heavy atom. The quantitative estimate of drug-likeness (QED) is 0.721. The van der Waals surface area contributed by atoms with E-state index < -0.39 is 11.8 Å². The lowest BCUT2D eigenvalue weighted by atomic mass is 10.2. The van der Waals surface area contributed by atoms with Crippen molar-refractivity contribution in [2.75, 3.05) is 32.5 Å². The summed E-state index contributed by atoms with van der Waals surface area (Å²) in [6.45, 7) is 1.13. The van der Waals surface area contributed by atoms with Crippen LogP contribution < -0.4 is 10.6 Å². The molecule has 0 saturated heterocycles. The number of rotatable bonds is 4. The Kier molecular flexibility index (Phi) is 4.37. The van der Waals surface area contributed by atoms with Gasteiger partial charge in [0.2, 0.25) is 0 Å². The Morgan fingerprint density at radius 1 is 1.20 bits per heavy atom. The topological polar surface area (TPSA) is 77.2 Å². The summed E-state index contributed by atoms with van der Waals surface area (Å²) < 4.78 is 0. The highest BCUT2D eigenvalue weighted by Crippen LogP contribution is 2.17. The van der Waals surface area contributed by atoms with Crippen molar-refractivity contribution in [2.24, 2.45) is 0 Å². The van der Waals surface area contributed by atoms with Crippen molar-refractivity contribution in [1.29, 1.82) is 0 Å². The second-order valence-corrected chi connectivity index (χ2v) is 4.79. The van der Waals surface area contributed by atoms with Gasteiger partial charge in [-0.3, -0.25) is 9.59 Å². The number of benzene rings is 1. The van der Waals surface area contributed by atoms with E-state index in [1.807, 2.05) is 37.3 Å². The highest BCUT2D eigenvalue weighted by Gasteiger charge is 2.13. The van der Waals surface area contributed by atoms with Crippen LogP contribution in [0.5, 0.6) is 0 Å². The minimum atomic E-state index is -0.658. The molecule has 0 unspecified atom stereocenters. The number of fused-ring (bicyclic) bond motifs is 1. The standard InChI is InChI=1S/C14H18N4O2/c1-18(2)8-7-16-13(19)14(20)17-11-4-3-10-5-6-15-12(10)9-11/h3-6,9,15H,7-8H2,1-2H3,(H,16,19)(H,17,20). The average Bonchev–Trinajstić information content (AvgIpc) is 2.85. The fourth-order valence-electron chi connectivity index (χ4n) is 1.79. The number of aromatic amines is 1. The van der Waals surface area contributed by atoms with Gasteiger partial charge in [-0.2, -0.15) is 0 Å². The van der Waals surface area contributed by atoms with Crippen LogP contribution in [0.15, 0.2) is 30.5 Å². The van der Waals surface area contributed by atoms with E-state index in [1.54, 1.807) is 12.1 Å². The third-order valence-corrected chi connectivity index (χ3v) is 2.86. The monoisotopic (exact) mass is 274 g/mol. The highest BCUT2D eigenvalue weighted by molar-refractivity contribution is 6.39. The second kappa shape index (κ2) is 6.21. The summed E-state index contributed by atoms with van der Waals surface area (Å²) in [6.07, 6.45) is 1.82. The Hall–Kier alpha value is -2.34. The summed E-state index contributed by atoms with van der Waals surface area (Å²) in [7, 11) is 3.80. The van der Waals surface area contributed by atoms with Gasteiger partial charge in [-0.1, -0.05) is 6.07 Å². The van der Waals surface area contributed by atoms with Crippen LogP contribution in [0.25, 0.3) is 10.9 Å². The van der Waals surface area contributed by atoms with E-state index in [0.29, 0.717) is 18.8 Å². The van der Waals surface area contributed by atoms with E-state index in [9.17, 15) is 9.59 Å². The summed E-state index contributed by atoms with van der Waals surface area (Å²) >= 11 is 0. The van der Waals surface area contributed by atoms with Crippen molar-refractivity contribution in [3.05, 3.63) is 30.5 Å². The third kappa shape index (κ3) is 3.58. The maximum Gasteiger partial charge on any atom is 0.313 e. The fraction of sp³-hybridized carbons (Fsp3) is 0.286. The Balaban J connectivity index is 1.91.